The van der Waals surface area contributed by atoms with E-state index in [4.69, 9.17) is 4.74 Å². The van der Waals surface area contributed by atoms with Gasteiger partial charge in [-0.1, -0.05) is 18.2 Å². The highest BCUT2D eigenvalue weighted by Gasteiger charge is 2.20. The largest absolute Gasteiger partial charge is 0.497 e. The lowest BCUT2D eigenvalue weighted by molar-refractivity contribution is 0.411. The van der Waals surface area contributed by atoms with Crippen LogP contribution in [0.15, 0.2) is 65.6 Å². The summed E-state index contributed by atoms with van der Waals surface area (Å²) in [6, 6.07) is 16.3. The fourth-order valence-electron chi connectivity index (χ4n) is 3.15. The van der Waals surface area contributed by atoms with Crippen molar-refractivity contribution >= 4 is 32.4 Å². The molecule has 4 aromatic rings. The highest BCUT2D eigenvalue weighted by molar-refractivity contribution is 7.92. The minimum atomic E-state index is -4.11. The van der Waals surface area contributed by atoms with Gasteiger partial charge in [0.25, 0.3) is 10.0 Å². The van der Waals surface area contributed by atoms with Crippen LogP contribution in [0.2, 0.25) is 0 Å². The number of aromatic amines is 1. The molecule has 0 fully saturated rings. The Morgan fingerprint density at radius 2 is 1.73 bits per heavy atom. The van der Waals surface area contributed by atoms with Gasteiger partial charge in [-0.15, -0.1) is 0 Å². The van der Waals surface area contributed by atoms with Crippen molar-refractivity contribution in [3.05, 3.63) is 66.5 Å². The summed E-state index contributed by atoms with van der Waals surface area (Å²) in [5.41, 5.74) is 3.05. The molecule has 3 aromatic carbocycles. The summed E-state index contributed by atoms with van der Waals surface area (Å²) in [5, 5.41) is 11.2. The smallest absolute Gasteiger partial charge is 0.264 e. The summed E-state index contributed by atoms with van der Waals surface area (Å²) in [7, 11) is -0.917. The van der Waals surface area contributed by atoms with Crippen LogP contribution in [0.3, 0.4) is 0 Å². The Bertz CT molecular complexity index is 1320. The van der Waals surface area contributed by atoms with E-state index in [1.807, 2.05) is 18.2 Å². The zero-order valence-electron chi connectivity index (χ0n) is 16.2. The molecule has 9 heteroatoms. The van der Waals surface area contributed by atoms with Gasteiger partial charge in [-0.2, -0.15) is 5.10 Å². The van der Waals surface area contributed by atoms with Crippen LogP contribution in [0.5, 0.6) is 5.75 Å². The highest BCUT2D eigenvalue weighted by Crippen LogP contribution is 2.29. The molecule has 4 rings (SSSR count). The molecule has 0 atom stereocenters. The average molecular weight is 426 g/mol. The van der Waals surface area contributed by atoms with Crippen molar-refractivity contribution in [2.45, 2.75) is 4.90 Å². The Morgan fingerprint density at radius 1 is 1.00 bits per heavy atom. The zero-order chi connectivity index (χ0) is 21.3. The molecule has 0 bridgehead atoms. The number of nitrogens with one attached hydrogen (secondary N) is 3. The zero-order valence-corrected chi connectivity index (χ0v) is 17.0. The summed E-state index contributed by atoms with van der Waals surface area (Å²) < 4.78 is 46.6. The first-order valence-corrected chi connectivity index (χ1v) is 10.5. The number of sulfonamides is 1. The molecule has 0 saturated carbocycles. The van der Waals surface area contributed by atoms with Gasteiger partial charge in [-0.3, -0.25) is 9.82 Å². The molecular formula is C21H19FN4O3S. The van der Waals surface area contributed by atoms with Crippen molar-refractivity contribution in [1.82, 2.24) is 10.2 Å². The van der Waals surface area contributed by atoms with E-state index in [9.17, 15) is 12.8 Å². The molecule has 1 heterocycles. The Labute approximate surface area is 172 Å². The lowest BCUT2D eigenvalue weighted by atomic mass is 10.0. The quantitative estimate of drug-likeness (QED) is 0.429. The van der Waals surface area contributed by atoms with Gasteiger partial charge in [0.1, 0.15) is 16.5 Å². The number of methoxy groups -OCH3 is 1. The van der Waals surface area contributed by atoms with Crippen LogP contribution in [0.4, 0.5) is 15.9 Å². The van der Waals surface area contributed by atoms with Crippen LogP contribution in [0, 0.1) is 5.82 Å². The van der Waals surface area contributed by atoms with E-state index >= 15 is 0 Å². The molecular weight excluding hydrogens is 407 g/mol. The van der Waals surface area contributed by atoms with E-state index < -0.39 is 20.7 Å². The number of aromatic nitrogens is 2. The lowest BCUT2D eigenvalue weighted by Gasteiger charge is -2.11. The lowest BCUT2D eigenvalue weighted by Crippen LogP contribution is -2.14. The maximum atomic E-state index is 14.1. The maximum Gasteiger partial charge on any atom is 0.264 e. The van der Waals surface area contributed by atoms with Gasteiger partial charge in [-0.05, 0) is 47.5 Å². The third-order valence-corrected chi connectivity index (χ3v) is 6.09. The van der Waals surface area contributed by atoms with Crippen LogP contribution in [-0.2, 0) is 10.0 Å². The second-order valence-corrected chi connectivity index (χ2v) is 8.21. The molecule has 0 spiro atoms. The Kier molecular flexibility index (Phi) is 5.04. The SMILES string of the molecule is CNc1n[nH]c2cc(-c3ccc(NS(=O)(=O)c4cc(OC)ccc4F)cc3)ccc12. The van der Waals surface area contributed by atoms with Gasteiger partial charge < -0.3 is 10.1 Å². The number of anilines is 2. The molecule has 0 aliphatic heterocycles. The van der Waals surface area contributed by atoms with Crippen molar-refractivity contribution in [3.8, 4) is 16.9 Å². The fourth-order valence-corrected chi connectivity index (χ4v) is 4.30. The molecule has 1 aromatic heterocycles. The monoisotopic (exact) mass is 426 g/mol. The molecule has 154 valence electrons. The highest BCUT2D eigenvalue weighted by atomic mass is 32.2. The third-order valence-electron chi connectivity index (χ3n) is 4.70. The summed E-state index contributed by atoms with van der Waals surface area (Å²) in [5.74, 6) is 0.169. The van der Waals surface area contributed by atoms with Crippen LogP contribution in [0.25, 0.3) is 22.0 Å². The number of halogens is 1. The number of nitrogens with zero attached hydrogens (tertiary/aromatic N) is 1. The second-order valence-electron chi connectivity index (χ2n) is 6.56. The normalized spacial score (nSPS) is 11.4. The third kappa shape index (κ3) is 3.67. The average Bonchev–Trinajstić information content (AvgIpc) is 3.16. The summed E-state index contributed by atoms with van der Waals surface area (Å²) in [6.07, 6.45) is 0. The van der Waals surface area contributed by atoms with E-state index in [2.05, 4.69) is 20.2 Å². The van der Waals surface area contributed by atoms with Crippen LogP contribution >= 0.6 is 0 Å². The van der Waals surface area contributed by atoms with Crippen molar-refractivity contribution < 1.29 is 17.5 Å². The molecule has 0 amide bonds. The molecule has 0 radical (unpaired) electrons. The number of rotatable bonds is 6. The first-order valence-electron chi connectivity index (χ1n) is 9.04. The van der Waals surface area contributed by atoms with Gasteiger partial charge in [0, 0.05) is 24.2 Å². The molecule has 3 N–H and O–H groups in total. The Hall–Kier alpha value is -3.59. The molecule has 0 unspecified atom stereocenters. The topological polar surface area (TPSA) is 96.1 Å². The minimum absolute atomic E-state index is 0.253. The van der Waals surface area contributed by atoms with Crippen molar-refractivity contribution in [1.29, 1.82) is 0 Å². The maximum absolute atomic E-state index is 14.1. The second kappa shape index (κ2) is 7.68. The fraction of sp³-hybridized carbons (Fsp3) is 0.0952. The van der Waals surface area contributed by atoms with Crippen molar-refractivity contribution in [2.75, 3.05) is 24.2 Å². The molecule has 0 saturated heterocycles. The number of hydrogen-bond donors (Lipinski definition) is 3. The standard InChI is InChI=1S/C21H19FN4O3S/c1-23-21-17-9-5-14(11-19(17)24-25-21)13-3-6-15(7-4-13)26-30(27,28)20-12-16(29-2)8-10-18(20)22/h3-12,26H,1-2H3,(H2,23,24,25). The number of hydrogen-bond acceptors (Lipinski definition) is 5. The molecule has 30 heavy (non-hydrogen) atoms. The van der Waals surface area contributed by atoms with Crippen LogP contribution < -0.4 is 14.8 Å². The number of ether oxygens (including phenoxy) is 1. The summed E-state index contributed by atoms with van der Waals surface area (Å²) in [4.78, 5) is -0.476. The van der Waals surface area contributed by atoms with Crippen molar-refractivity contribution in [2.24, 2.45) is 0 Å². The van der Waals surface area contributed by atoms with E-state index in [-0.39, 0.29) is 5.75 Å². The Morgan fingerprint density at radius 3 is 2.43 bits per heavy atom. The van der Waals surface area contributed by atoms with Gasteiger partial charge in [-0.25, -0.2) is 12.8 Å². The number of H-pyrrole nitrogens is 1. The number of benzene rings is 3. The molecule has 7 nitrogen and oxygen atoms in total. The molecule has 0 aliphatic rings. The van der Waals surface area contributed by atoms with E-state index in [1.165, 1.54) is 13.2 Å². The van der Waals surface area contributed by atoms with E-state index in [0.29, 0.717) is 5.69 Å². The van der Waals surface area contributed by atoms with Crippen LogP contribution in [0.1, 0.15) is 0 Å². The van der Waals surface area contributed by atoms with E-state index in [1.54, 1.807) is 31.3 Å². The minimum Gasteiger partial charge on any atom is -0.497 e. The van der Waals surface area contributed by atoms with Gasteiger partial charge in [0.05, 0.1) is 12.6 Å². The van der Waals surface area contributed by atoms with Crippen LogP contribution in [-0.4, -0.2) is 32.8 Å². The first kappa shape index (κ1) is 19.7. The summed E-state index contributed by atoms with van der Waals surface area (Å²) in [6.45, 7) is 0. The molecule has 0 aliphatic carbocycles. The van der Waals surface area contributed by atoms with Gasteiger partial charge >= 0.3 is 0 Å². The first-order chi connectivity index (χ1) is 14.4. The van der Waals surface area contributed by atoms with E-state index in [0.717, 1.165) is 40.0 Å². The van der Waals surface area contributed by atoms with Gasteiger partial charge in [0.15, 0.2) is 5.82 Å². The predicted octanol–water partition coefficient (Wildman–Crippen LogP) is 4.22. The predicted molar refractivity (Wildman–Crippen MR) is 115 cm³/mol. The van der Waals surface area contributed by atoms with Crippen molar-refractivity contribution in [3.63, 3.8) is 0 Å². The summed E-state index contributed by atoms with van der Waals surface area (Å²) >= 11 is 0. The number of fused-ring (bicyclic) bond motifs is 1. The Balaban J connectivity index is 1.59. The van der Waals surface area contributed by atoms with Gasteiger partial charge in [0.2, 0.25) is 0 Å².